The average Bonchev–Trinajstić information content (AvgIpc) is 3.11. The first kappa shape index (κ1) is 15.7. The molecule has 2 aromatic heterocycles. The number of nitrogens with zero attached hydrogens (tertiary/aromatic N) is 2. The van der Waals surface area contributed by atoms with Crippen molar-refractivity contribution in [2.45, 2.75) is 19.8 Å². The lowest BCUT2D eigenvalue weighted by molar-refractivity contribution is 0.0944. The van der Waals surface area contributed by atoms with E-state index in [0.29, 0.717) is 24.4 Å². The summed E-state index contributed by atoms with van der Waals surface area (Å²) in [5, 5.41) is 18.3. The van der Waals surface area contributed by atoms with Gasteiger partial charge in [-0.2, -0.15) is 5.10 Å². The largest absolute Gasteiger partial charge is 0.396 e. The van der Waals surface area contributed by atoms with Crippen LogP contribution in [0, 0.1) is 5.92 Å². The van der Waals surface area contributed by atoms with Crippen LogP contribution in [0.3, 0.4) is 0 Å². The Labute approximate surface area is 128 Å². The summed E-state index contributed by atoms with van der Waals surface area (Å²) in [6, 6.07) is 3.91. The van der Waals surface area contributed by atoms with Gasteiger partial charge in [-0.3, -0.25) is 9.48 Å². The Morgan fingerprint density at radius 2 is 2.38 bits per heavy atom. The van der Waals surface area contributed by atoms with Crippen LogP contribution in [-0.2, 0) is 7.05 Å². The minimum Gasteiger partial charge on any atom is -0.396 e. The molecule has 0 aliphatic heterocycles. The maximum atomic E-state index is 12.4. The minimum absolute atomic E-state index is 0.108. The molecule has 0 bridgehead atoms. The fraction of sp³-hybridized carbons (Fsp3) is 0.467. The number of aliphatic hydroxyl groups is 1. The normalized spacial score (nSPS) is 12.3. The topological polar surface area (TPSA) is 67.2 Å². The zero-order chi connectivity index (χ0) is 15.2. The molecule has 0 saturated heterocycles. The van der Waals surface area contributed by atoms with E-state index < -0.39 is 0 Å². The molecule has 2 rings (SSSR count). The summed E-state index contributed by atoms with van der Waals surface area (Å²) in [7, 11) is 1.81. The number of hydrogen-bond donors (Lipinski definition) is 2. The Morgan fingerprint density at radius 1 is 1.57 bits per heavy atom. The zero-order valence-electron chi connectivity index (χ0n) is 12.4. The summed E-state index contributed by atoms with van der Waals surface area (Å²) in [5.74, 6) is 0.198. The molecule has 0 aliphatic rings. The zero-order valence-corrected chi connectivity index (χ0v) is 13.2. The molecular weight excluding hydrogens is 286 g/mol. The predicted octanol–water partition coefficient (Wildman–Crippen LogP) is 2.29. The van der Waals surface area contributed by atoms with Crippen molar-refractivity contribution in [1.82, 2.24) is 15.1 Å². The molecule has 2 N–H and O–H groups in total. The lowest BCUT2D eigenvalue weighted by Crippen LogP contribution is -2.29. The Kier molecular flexibility index (Phi) is 5.52. The molecule has 0 aliphatic carbocycles. The van der Waals surface area contributed by atoms with Gasteiger partial charge in [-0.15, -0.1) is 11.3 Å². The molecule has 0 spiro atoms. The van der Waals surface area contributed by atoms with E-state index in [1.807, 2.05) is 24.6 Å². The van der Waals surface area contributed by atoms with Crippen LogP contribution in [-0.4, -0.2) is 33.9 Å². The molecule has 0 fully saturated rings. The van der Waals surface area contributed by atoms with E-state index in [-0.39, 0.29) is 12.5 Å². The highest BCUT2D eigenvalue weighted by Gasteiger charge is 2.18. The number of aromatic nitrogens is 2. The van der Waals surface area contributed by atoms with Crippen molar-refractivity contribution in [3.05, 3.63) is 29.3 Å². The molecule has 1 unspecified atom stereocenters. The van der Waals surface area contributed by atoms with Crippen molar-refractivity contribution in [3.8, 4) is 10.6 Å². The fourth-order valence-corrected chi connectivity index (χ4v) is 2.94. The second-order valence-corrected chi connectivity index (χ2v) is 5.99. The Morgan fingerprint density at radius 3 is 3.00 bits per heavy atom. The number of carbonyl (C=O) groups is 1. The van der Waals surface area contributed by atoms with Gasteiger partial charge in [-0.1, -0.05) is 19.4 Å². The third-order valence-corrected chi connectivity index (χ3v) is 4.37. The standard InChI is InChI=1S/C15H21N3O2S/c1-3-11(6-7-19)9-16-15(20)12-10-18(2)17-14(12)13-5-4-8-21-13/h4-5,8,10-11,19H,3,6-7,9H2,1-2H3,(H,16,20). The minimum atomic E-state index is -0.108. The van der Waals surface area contributed by atoms with Crippen LogP contribution in [0.15, 0.2) is 23.7 Å². The van der Waals surface area contributed by atoms with E-state index in [9.17, 15) is 4.79 Å². The van der Waals surface area contributed by atoms with Crippen molar-refractivity contribution in [3.63, 3.8) is 0 Å². The number of aliphatic hydroxyl groups excluding tert-OH is 1. The molecule has 1 amide bonds. The van der Waals surface area contributed by atoms with Crippen LogP contribution < -0.4 is 5.32 Å². The molecule has 1 atom stereocenters. The van der Waals surface area contributed by atoms with Gasteiger partial charge >= 0.3 is 0 Å². The lowest BCUT2D eigenvalue weighted by atomic mass is 10.0. The van der Waals surface area contributed by atoms with Gasteiger partial charge in [0.2, 0.25) is 0 Å². The Balaban J connectivity index is 2.09. The number of nitrogens with one attached hydrogen (secondary N) is 1. The smallest absolute Gasteiger partial charge is 0.255 e. The molecule has 6 heteroatoms. The van der Waals surface area contributed by atoms with Crippen LogP contribution in [0.2, 0.25) is 0 Å². The molecule has 2 aromatic rings. The van der Waals surface area contributed by atoms with Crippen molar-refractivity contribution in [2.24, 2.45) is 13.0 Å². The first-order chi connectivity index (χ1) is 10.2. The first-order valence-electron chi connectivity index (χ1n) is 7.12. The van der Waals surface area contributed by atoms with Gasteiger partial charge in [0, 0.05) is 26.4 Å². The van der Waals surface area contributed by atoms with Gasteiger partial charge in [-0.05, 0) is 23.8 Å². The van der Waals surface area contributed by atoms with E-state index in [4.69, 9.17) is 5.11 Å². The van der Waals surface area contributed by atoms with Gasteiger partial charge in [0.15, 0.2) is 0 Å². The maximum Gasteiger partial charge on any atom is 0.255 e. The molecule has 0 radical (unpaired) electrons. The molecule has 2 heterocycles. The van der Waals surface area contributed by atoms with Crippen LogP contribution in [0.1, 0.15) is 30.1 Å². The average molecular weight is 307 g/mol. The van der Waals surface area contributed by atoms with Crippen LogP contribution in [0.25, 0.3) is 10.6 Å². The quantitative estimate of drug-likeness (QED) is 0.824. The van der Waals surface area contributed by atoms with Crippen LogP contribution >= 0.6 is 11.3 Å². The third kappa shape index (κ3) is 3.92. The predicted molar refractivity (Wildman–Crippen MR) is 84.3 cm³/mol. The van der Waals surface area contributed by atoms with Crippen molar-refractivity contribution in [2.75, 3.05) is 13.2 Å². The molecule has 5 nitrogen and oxygen atoms in total. The number of aryl methyl sites for hydroxylation is 1. The van der Waals surface area contributed by atoms with E-state index in [2.05, 4.69) is 17.3 Å². The van der Waals surface area contributed by atoms with Gasteiger partial charge < -0.3 is 10.4 Å². The van der Waals surface area contributed by atoms with Gasteiger partial charge in [0.1, 0.15) is 5.69 Å². The van der Waals surface area contributed by atoms with E-state index in [0.717, 1.165) is 17.0 Å². The number of rotatable bonds is 7. The van der Waals surface area contributed by atoms with Gasteiger partial charge in [-0.25, -0.2) is 0 Å². The van der Waals surface area contributed by atoms with Crippen molar-refractivity contribution >= 4 is 17.2 Å². The van der Waals surface area contributed by atoms with Gasteiger partial charge in [0.05, 0.1) is 10.4 Å². The van der Waals surface area contributed by atoms with Crippen LogP contribution in [0.5, 0.6) is 0 Å². The number of hydrogen-bond acceptors (Lipinski definition) is 4. The Hall–Kier alpha value is -1.66. The summed E-state index contributed by atoms with van der Waals surface area (Å²) in [4.78, 5) is 13.4. The first-order valence-corrected chi connectivity index (χ1v) is 8.00. The highest BCUT2D eigenvalue weighted by molar-refractivity contribution is 7.13. The highest BCUT2D eigenvalue weighted by atomic mass is 32.1. The lowest BCUT2D eigenvalue weighted by Gasteiger charge is -2.14. The summed E-state index contributed by atoms with van der Waals surface area (Å²) in [6.07, 6.45) is 3.39. The van der Waals surface area contributed by atoms with Gasteiger partial charge in [0.25, 0.3) is 5.91 Å². The molecular formula is C15H21N3O2S. The highest BCUT2D eigenvalue weighted by Crippen LogP contribution is 2.26. The molecule has 0 saturated carbocycles. The third-order valence-electron chi connectivity index (χ3n) is 3.49. The molecule has 0 aromatic carbocycles. The number of carbonyl (C=O) groups excluding carboxylic acids is 1. The molecule has 114 valence electrons. The summed E-state index contributed by atoms with van der Waals surface area (Å²) < 4.78 is 1.66. The van der Waals surface area contributed by atoms with E-state index in [1.165, 1.54) is 0 Å². The summed E-state index contributed by atoms with van der Waals surface area (Å²) in [5.41, 5.74) is 1.32. The van der Waals surface area contributed by atoms with Crippen molar-refractivity contribution < 1.29 is 9.90 Å². The summed E-state index contributed by atoms with van der Waals surface area (Å²) in [6.45, 7) is 2.80. The Bertz CT molecular complexity index is 578. The van der Waals surface area contributed by atoms with Crippen LogP contribution in [0.4, 0.5) is 0 Å². The second-order valence-electron chi connectivity index (χ2n) is 5.04. The number of thiophene rings is 1. The fourth-order valence-electron chi connectivity index (χ4n) is 2.22. The second kappa shape index (κ2) is 7.38. The summed E-state index contributed by atoms with van der Waals surface area (Å²) >= 11 is 1.57. The monoisotopic (exact) mass is 307 g/mol. The SMILES string of the molecule is CCC(CCO)CNC(=O)c1cn(C)nc1-c1cccs1. The van der Waals surface area contributed by atoms with E-state index in [1.54, 1.807) is 22.2 Å². The molecule has 21 heavy (non-hydrogen) atoms. The maximum absolute atomic E-state index is 12.4. The van der Waals surface area contributed by atoms with E-state index >= 15 is 0 Å². The van der Waals surface area contributed by atoms with Crippen molar-refractivity contribution in [1.29, 1.82) is 0 Å². The number of amides is 1.